The highest BCUT2D eigenvalue weighted by molar-refractivity contribution is 5.69. The van der Waals surface area contributed by atoms with Gasteiger partial charge in [-0.3, -0.25) is 0 Å². The van der Waals surface area contributed by atoms with E-state index in [4.69, 9.17) is 14.2 Å². The lowest BCUT2D eigenvalue weighted by Gasteiger charge is -2.53. The van der Waals surface area contributed by atoms with Crippen LogP contribution in [0.3, 0.4) is 0 Å². The maximum absolute atomic E-state index is 9.87. The molecule has 2 N–H and O–H groups in total. The minimum Gasteiger partial charge on any atom is -0.508 e. The molecule has 0 unspecified atom stereocenters. The fourth-order valence-corrected chi connectivity index (χ4v) is 5.41. The van der Waals surface area contributed by atoms with E-state index in [-0.39, 0.29) is 17.8 Å². The standard InChI is InChI=1S/C21H24O5/c1-19-6-4-15-12-14-13-16(23)2-3-17(14)26-20(15,8-9-22)18(19)5-7-21(19)24-10-11-25-21/h2-3,5,12-13,22-23H,4,6-11H2,1H3/t19-,20-/m0/s1. The van der Waals surface area contributed by atoms with Crippen molar-refractivity contribution in [2.75, 3.05) is 19.8 Å². The van der Waals surface area contributed by atoms with Crippen LogP contribution in [0.15, 0.2) is 35.4 Å². The van der Waals surface area contributed by atoms with Gasteiger partial charge in [0.25, 0.3) is 0 Å². The average molecular weight is 356 g/mol. The van der Waals surface area contributed by atoms with E-state index in [1.165, 1.54) is 0 Å². The number of aliphatic hydroxyl groups excluding tert-OH is 1. The molecule has 1 saturated heterocycles. The largest absolute Gasteiger partial charge is 0.508 e. The molecule has 2 atom stereocenters. The van der Waals surface area contributed by atoms with E-state index >= 15 is 0 Å². The molecule has 1 saturated carbocycles. The summed E-state index contributed by atoms with van der Waals surface area (Å²) in [6.07, 6.45) is 7.30. The van der Waals surface area contributed by atoms with Gasteiger partial charge in [0.05, 0.1) is 13.2 Å². The van der Waals surface area contributed by atoms with E-state index in [1.807, 2.05) is 0 Å². The number of fused-ring (bicyclic) bond motifs is 5. The Labute approximate surface area is 152 Å². The first-order chi connectivity index (χ1) is 12.5. The molecule has 1 aromatic rings. The van der Waals surface area contributed by atoms with Crippen molar-refractivity contribution in [3.05, 3.63) is 41.0 Å². The average Bonchev–Trinajstić information content (AvgIpc) is 3.21. The van der Waals surface area contributed by atoms with Crippen molar-refractivity contribution in [1.82, 2.24) is 0 Å². The molecular formula is C21H24O5. The van der Waals surface area contributed by atoms with E-state index in [1.54, 1.807) is 18.2 Å². The van der Waals surface area contributed by atoms with Gasteiger partial charge in [-0.15, -0.1) is 0 Å². The zero-order valence-corrected chi connectivity index (χ0v) is 15.0. The van der Waals surface area contributed by atoms with Crippen LogP contribution in [0.5, 0.6) is 11.5 Å². The SMILES string of the molecule is C[C@]12CCC3=Cc4cc(O)ccc4O[C@]3(CCO)C1=CCC21OCCO1. The zero-order valence-electron chi connectivity index (χ0n) is 15.0. The first-order valence-electron chi connectivity index (χ1n) is 9.36. The molecule has 4 aliphatic rings. The lowest BCUT2D eigenvalue weighted by atomic mass is 9.60. The first kappa shape index (κ1) is 16.4. The second-order valence-electron chi connectivity index (χ2n) is 7.90. The van der Waals surface area contributed by atoms with E-state index in [0.29, 0.717) is 26.1 Å². The summed E-state index contributed by atoms with van der Waals surface area (Å²) >= 11 is 0. The number of hydrogen-bond acceptors (Lipinski definition) is 5. The maximum atomic E-state index is 9.87. The third kappa shape index (κ3) is 1.91. The molecule has 2 aliphatic carbocycles. The number of ether oxygens (including phenoxy) is 3. The van der Waals surface area contributed by atoms with Gasteiger partial charge in [-0.2, -0.15) is 0 Å². The highest BCUT2D eigenvalue weighted by Crippen LogP contribution is 2.64. The Balaban J connectivity index is 1.65. The predicted octanol–water partition coefficient (Wildman–Crippen LogP) is 3.16. The zero-order chi connectivity index (χ0) is 18.0. The highest BCUT2D eigenvalue weighted by atomic mass is 16.7. The molecule has 138 valence electrons. The maximum Gasteiger partial charge on any atom is 0.181 e. The number of phenols is 1. The van der Waals surface area contributed by atoms with Crippen LogP contribution in [0.1, 0.15) is 38.2 Å². The van der Waals surface area contributed by atoms with Gasteiger partial charge in [-0.05, 0) is 48.3 Å². The molecule has 1 aromatic carbocycles. The third-order valence-electron chi connectivity index (χ3n) is 6.68. The molecule has 0 bridgehead atoms. The van der Waals surface area contributed by atoms with Crippen LogP contribution >= 0.6 is 0 Å². The number of aromatic hydroxyl groups is 1. The second kappa shape index (κ2) is 5.35. The van der Waals surface area contributed by atoms with Crippen molar-refractivity contribution in [1.29, 1.82) is 0 Å². The van der Waals surface area contributed by atoms with Gasteiger partial charge in [-0.1, -0.05) is 13.0 Å². The third-order valence-corrected chi connectivity index (χ3v) is 6.68. The summed E-state index contributed by atoms with van der Waals surface area (Å²) in [5, 5.41) is 19.7. The molecule has 5 heteroatoms. The van der Waals surface area contributed by atoms with Crippen molar-refractivity contribution in [3.8, 4) is 11.5 Å². The fraction of sp³-hybridized carbons (Fsp3) is 0.524. The van der Waals surface area contributed by atoms with E-state index < -0.39 is 11.4 Å². The van der Waals surface area contributed by atoms with Crippen molar-refractivity contribution in [2.45, 2.75) is 44.0 Å². The topological polar surface area (TPSA) is 68.2 Å². The van der Waals surface area contributed by atoms with Crippen molar-refractivity contribution in [3.63, 3.8) is 0 Å². The normalized spacial score (nSPS) is 33.8. The van der Waals surface area contributed by atoms with Crippen molar-refractivity contribution < 1.29 is 24.4 Å². The Morgan fingerprint density at radius 2 is 2.00 bits per heavy atom. The quantitative estimate of drug-likeness (QED) is 0.797. The van der Waals surface area contributed by atoms with Gasteiger partial charge in [0.2, 0.25) is 0 Å². The van der Waals surface area contributed by atoms with Gasteiger partial charge in [0.15, 0.2) is 11.4 Å². The number of rotatable bonds is 2. The van der Waals surface area contributed by atoms with Gasteiger partial charge in [-0.25, -0.2) is 0 Å². The monoisotopic (exact) mass is 356 g/mol. The van der Waals surface area contributed by atoms with E-state index in [9.17, 15) is 10.2 Å². The van der Waals surface area contributed by atoms with Crippen LogP contribution in [-0.4, -0.2) is 41.4 Å². The summed E-state index contributed by atoms with van der Waals surface area (Å²) in [6, 6.07) is 5.17. The Hall–Kier alpha value is -1.82. The Kier molecular flexibility index (Phi) is 3.36. The summed E-state index contributed by atoms with van der Waals surface area (Å²) in [7, 11) is 0. The first-order valence-corrected chi connectivity index (χ1v) is 9.36. The molecule has 2 heterocycles. The fourth-order valence-electron chi connectivity index (χ4n) is 5.41. The summed E-state index contributed by atoms with van der Waals surface area (Å²) in [4.78, 5) is 0. The van der Waals surface area contributed by atoms with Gasteiger partial charge >= 0.3 is 0 Å². The number of phenolic OH excluding ortho intramolecular Hbond substituents is 1. The van der Waals surface area contributed by atoms with E-state index in [0.717, 1.165) is 35.3 Å². The van der Waals surface area contributed by atoms with Gasteiger partial charge < -0.3 is 24.4 Å². The molecule has 5 rings (SSSR count). The van der Waals surface area contributed by atoms with Crippen molar-refractivity contribution >= 4 is 6.08 Å². The van der Waals surface area contributed by atoms with Gasteiger partial charge in [0, 0.05) is 30.4 Å². The highest BCUT2D eigenvalue weighted by Gasteiger charge is 2.65. The Morgan fingerprint density at radius 3 is 2.77 bits per heavy atom. The Bertz CT molecular complexity index is 820. The van der Waals surface area contributed by atoms with Crippen LogP contribution in [-0.2, 0) is 9.47 Å². The van der Waals surface area contributed by atoms with Gasteiger partial charge in [0.1, 0.15) is 11.5 Å². The van der Waals surface area contributed by atoms with Crippen LogP contribution in [0.4, 0.5) is 0 Å². The summed E-state index contributed by atoms with van der Waals surface area (Å²) in [5.74, 6) is 0.361. The number of aliphatic hydroxyl groups is 1. The molecule has 2 fully saturated rings. The molecule has 26 heavy (non-hydrogen) atoms. The summed E-state index contributed by atoms with van der Waals surface area (Å²) in [6.45, 7) is 3.49. The summed E-state index contributed by atoms with van der Waals surface area (Å²) < 4.78 is 18.8. The molecular weight excluding hydrogens is 332 g/mol. The lowest BCUT2D eigenvalue weighted by Crippen LogP contribution is -2.56. The van der Waals surface area contributed by atoms with Crippen molar-refractivity contribution in [2.24, 2.45) is 5.41 Å². The number of benzene rings is 1. The molecule has 0 aromatic heterocycles. The van der Waals surface area contributed by atoms with E-state index in [2.05, 4.69) is 19.1 Å². The molecule has 0 radical (unpaired) electrons. The number of hydrogen-bond donors (Lipinski definition) is 2. The smallest absolute Gasteiger partial charge is 0.181 e. The second-order valence-corrected chi connectivity index (χ2v) is 7.90. The molecule has 5 nitrogen and oxygen atoms in total. The molecule has 1 spiro atoms. The predicted molar refractivity (Wildman–Crippen MR) is 95.8 cm³/mol. The van der Waals surface area contributed by atoms with Crippen LogP contribution in [0.2, 0.25) is 0 Å². The summed E-state index contributed by atoms with van der Waals surface area (Å²) in [5.41, 5.74) is 2.27. The molecule has 2 aliphatic heterocycles. The molecule has 0 amide bonds. The minimum atomic E-state index is -0.662. The lowest BCUT2D eigenvalue weighted by molar-refractivity contribution is -0.219. The minimum absolute atomic E-state index is 0.0346. The van der Waals surface area contributed by atoms with Crippen LogP contribution in [0.25, 0.3) is 6.08 Å². The Morgan fingerprint density at radius 1 is 1.19 bits per heavy atom. The van der Waals surface area contributed by atoms with Crippen LogP contribution in [0, 0.1) is 5.41 Å². The van der Waals surface area contributed by atoms with Crippen LogP contribution < -0.4 is 4.74 Å².